The number of esters is 1. The summed E-state index contributed by atoms with van der Waals surface area (Å²) in [5, 5.41) is 12.0. The van der Waals surface area contributed by atoms with Crippen LogP contribution >= 0.6 is 0 Å². The van der Waals surface area contributed by atoms with Crippen molar-refractivity contribution in [1.82, 2.24) is 0 Å². The number of nitrogens with zero attached hydrogens (tertiary/aromatic N) is 3. The molecule has 0 unspecified atom stereocenters. The van der Waals surface area contributed by atoms with Crippen LogP contribution < -0.4 is 0 Å². The van der Waals surface area contributed by atoms with Crippen LogP contribution in [0.2, 0.25) is 0 Å². The van der Waals surface area contributed by atoms with Gasteiger partial charge in [0.25, 0.3) is 0 Å². The first-order chi connectivity index (χ1) is 15.0. The molecule has 0 aliphatic rings. The minimum absolute atomic E-state index is 0.0279. The van der Waals surface area contributed by atoms with E-state index in [0.717, 1.165) is 11.1 Å². The summed E-state index contributed by atoms with van der Waals surface area (Å²) in [6.45, 7) is 1.81. The summed E-state index contributed by atoms with van der Waals surface area (Å²) in [6.07, 6.45) is 5.40. The molecule has 2 aromatic rings. The molecule has 0 atom stereocenters. The Morgan fingerprint density at radius 2 is 1.58 bits per heavy atom. The Balaban J connectivity index is 2.24. The lowest BCUT2D eigenvalue weighted by Gasteiger charge is -2.10. The molecule has 8 nitrogen and oxygen atoms in total. The van der Waals surface area contributed by atoms with Crippen LogP contribution in [0.5, 0.6) is 0 Å². The zero-order chi connectivity index (χ0) is 22.6. The van der Waals surface area contributed by atoms with Crippen LogP contribution in [-0.4, -0.2) is 44.4 Å². The van der Waals surface area contributed by atoms with Gasteiger partial charge in [-0.05, 0) is 19.1 Å². The van der Waals surface area contributed by atoms with E-state index in [-0.39, 0.29) is 12.3 Å². The lowest BCUT2D eigenvalue weighted by atomic mass is 10.0. The molecule has 8 heteroatoms. The molecule has 0 heterocycles. The molecule has 160 valence electrons. The number of terminal acetylenes is 1. The largest absolute Gasteiger partial charge is 0.464 e. The number of hydrogen-bond donors (Lipinski definition) is 0. The standard InChI is InChI=1S/C23H23N3O5/c1-6-17-11-13-18(14-12-17)21(25-29-4)16(2)24-31-15-19-9-7-8-10-20(19)22(26-30-5)23(27)28-3/h1,7-14H,15H2,2-5H3/b24-16+,25-21+,26-22+. The van der Waals surface area contributed by atoms with Crippen molar-refractivity contribution in [2.24, 2.45) is 15.5 Å². The molecule has 0 aliphatic carbocycles. The van der Waals surface area contributed by atoms with Crippen LogP contribution in [0, 0.1) is 12.3 Å². The first kappa shape index (κ1) is 23.2. The third-order valence-corrected chi connectivity index (χ3v) is 4.11. The molecule has 31 heavy (non-hydrogen) atoms. The highest BCUT2D eigenvalue weighted by Gasteiger charge is 2.19. The second kappa shape index (κ2) is 11.8. The summed E-state index contributed by atoms with van der Waals surface area (Å²) in [4.78, 5) is 27.3. The molecule has 0 fully saturated rings. The van der Waals surface area contributed by atoms with E-state index in [4.69, 9.17) is 25.7 Å². The Bertz CT molecular complexity index is 1030. The summed E-state index contributed by atoms with van der Waals surface area (Å²) in [6, 6.07) is 14.3. The average molecular weight is 421 g/mol. The highest BCUT2D eigenvalue weighted by atomic mass is 16.6. The van der Waals surface area contributed by atoms with E-state index in [1.807, 2.05) is 18.2 Å². The lowest BCUT2D eigenvalue weighted by Crippen LogP contribution is -2.19. The molecule has 0 aromatic heterocycles. The molecule has 0 saturated heterocycles. The molecule has 0 bridgehead atoms. The number of benzene rings is 2. The molecule has 2 rings (SSSR count). The molecule has 0 N–H and O–H groups in total. The van der Waals surface area contributed by atoms with Gasteiger partial charge in [-0.25, -0.2) is 4.79 Å². The fourth-order valence-corrected chi connectivity index (χ4v) is 2.65. The van der Waals surface area contributed by atoms with Crippen molar-refractivity contribution in [3.63, 3.8) is 0 Å². The molecule has 0 radical (unpaired) electrons. The van der Waals surface area contributed by atoms with Crippen LogP contribution in [0.25, 0.3) is 0 Å². The van der Waals surface area contributed by atoms with Gasteiger partial charge in [-0.15, -0.1) is 6.42 Å². The van der Waals surface area contributed by atoms with Crippen LogP contribution in [0.4, 0.5) is 0 Å². The van der Waals surface area contributed by atoms with Gasteiger partial charge < -0.3 is 19.2 Å². The van der Waals surface area contributed by atoms with Gasteiger partial charge in [0.05, 0.1) is 7.11 Å². The molecule has 0 spiro atoms. The maximum Gasteiger partial charge on any atom is 0.360 e. The van der Waals surface area contributed by atoms with E-state index in [1.54, 1.807) is 37.3 Å². The van der Waals surface area contributed by atoms with Crippen LogP contribution in [0.15, 0.2) is 64.0 Å². The van der Waals surface area contributed by atoms with Crippen LogP contribution in [-0.2, 0) is 30.7 Å². The summed E-state index contributed by atoms with van der Waals surface area (Å²) in [7, 11) is 4.07. The maximum absolute atomic E-state index is 12.1. The smallest absolute Gasteiger partial charge is 0.360 e. The Labute approximate surface area is 181 Å². The van der Waals surface area contributed by atoms with Gasteiger partial charge in [-0.2, -0.15) is 0 Å². The number of oxime groups is 3. The monoisotopic (exact) mass is 421 g/mol. The van der Waals surface area contributed by atoms with Gasteiger partial charge in [0.2, 0.25) is 0 Å². The fraction of sp³-hybridized carbons (Fsp3) is 0.217. The van der Waals surface area contributed by atoms with Crippen LogP contribution in [0.3, 0.4) is 0 Å². The van der Waals surface area contributed by atoms with Gasteiger partial charge >= 0.3 is 5.97 Å². The highest BCUT2D eigenvalue weighted by Crippen LogP contribution is 2.14. The summed E-state index contributed by atoms with van der Waals surface area (Å²) in [5.41, 5.74) is 3.72. The fourth-order valence-electron chi connectivity index (χ4n) is 2.65. The number of methoxy groups -OCH3 is 1. The molecule has 0 amide bonds. The first-order valence-electron chi connectivity index (χ1n) is 9.18. The predicted octanol–water partition coefficient (Wildman–Crippen LogP) is 3.13. The SMILES string of the molecule is C#Cc1ccc(C(=N/OC)/C(C)=N/OCc2ccccc2/C(=N\OC)C(=O)OC)cc1. The average Bonchev–Trinajstić information content (AvgIpc) is 2.81. The number of rotatable bonds is 9. The molecular formula is C23H23N3O5. The van der Waals surface area contributed by atoms with Gasteiger partial charge in [0, 0.05) is 22.3 Å². The van der Waals surface area contributed by atoms with Crippen molar-refractivity contribution in [3.8, 4) is 12.3 Å². The summed E-state index contributed by atoms with van der Waals surface area (Å²) >= 11 is 0. The van der Waals surface area contributed by atoms with E-state index in [9.17, 15) is 4.79 Å². The second-order valence-corrected chi connectivity index (χ2v) is 6.07. The maximum atomic E-state index is 12.1. The van der Waals surface area contributed by atoms with E-state index >= 15 is 0 Å². The van der Waals surface area contributed by atoms with Crippen molar-refractivity contribution in [2.45, 2.75) is 13.5 Å². The first-order valence-corrected chi connectivity index (χ1v) is 9.18. The van der Waals surface area contributed by atoms with Crippen molar-refractivity contribution < 1.29 is 24.0 Å². The topological polar surface area (TPSA) is 91.1 Å². The number of hydrogen-bond acceptors (Lipinski definition) is 8. The Morgan fingerprint density at radius 1 is 0.935 bits per heavy atom. The Kier molecular flexibility index (Phi) is 8.80. The predicted molar refractivity (Wildman–Crippen MR) is 118 cm³/mol. The van der Waals surface area contributed by atoms with Crippen molar-refractivity contribution in [3.05, 3.63) is 70.8 Å². The van der Waals surface area contributed by atoms with E-state index < -0.39 is 5.97 Å². The number of carbonyl (C=O) groups excluding carboxylic acids is 1. The zero-order valence-electron chi connectivity index (χ0n) is 17.8. The molecule has 2 aromatic carbocycles. The second-order valence-electron chi connectivity index (χ2n) is 6.07. The zero-order valence-corrected chi connectivity index (χ0v) is 17.8. The minimum atomic E-state index is -0.626. The minimum Gasteiger partial charge on any atom is -0.464 e. The third kappa shape index (κ3) is 6.18. The number of ether oxygens (including phenoxy) is 1. The van der Waals surface area contributed by atoms with Crippen molar-refractivity contribution >= 4 is 23.1 Å². The third-order valence-electron chi connectivity index (χ3n) is 4.11. The van der Waals surface area contributed by atoms with Crippen molar-refractivity contribution in [2.75, 3.05) is 21.3 Å². The van der Waals surface area contributed by atoms with Crippen molar-refractivity contribution in [1.29, 1.82) is 0 Å². The molecular weight excluding hydrogens is 398 g/mol. The molecule has 0 aliphatic heterocycles. The lowest BCUT2D eigenvalue weighted by molar-refractivity contribution is -0.132. The summed E-state index contributed by atoms with van der Waals surface area (Å²) in [5.74, 6) is 1.94. The van der Waals surface area contributed by atoms with Gasteiger partial charge in [-0.1, -0.05) is 57.8 Å². The highest BCUT2D eigenvalue weighted by molar-refractivity contribution is 6.47. The number of carbonyl (C=O) groups is 1. The van der Waals surface area contributed by atoms with E-state index in [2.05, 4.69) is 21.4 Å². The van der Waals surface area contributed by atoms with Gasteiger partial charge in [-0.3, -0.25) is 0 Å². The quantitative estimate of drug-likeness (QED) is 0.269. The summed E-state index contributed by atoms with van der Waals surface area (Å²) < 4.78 is 4.78. The Hall–Kier alpha value is -4.12. The van der Waals surface area contributed by atoms with Gasteiger partial charge in [0.15, 0.2) is 5.71 Å². The molecule has 0 saturated carbocycles. The Morgan fingerprint density at radius 3 is 2.19 bits per heavy atom. The van der Waals surface area contributed by atoms with Crippen LogP contribution in [0.1, 0.15) is 29.2 Å². The van der Waals surface area contributed by atoms with Gasteiger partial charge in [0.1, 0.15) is 32.2 Å². The van der Waals surface area contributed by atoms with E-state index in [1.165, 1.54) is 21.3 Å². The van der Waals surface area contributed by atoms with E-state index in [0.29, 0.717) is 22.6 Å². The normalized spacial score (nSPS) is 12.0.